The number of aryl methyl sites for hydroxylation is 1. The Labute approximate surface area is 75.2 Å². The number of rotatable bonds is 4. The van der Waals surface area contributed by atoms with Crippen LogP contribution in [0.3, 0.4) is 0 Å². The summed E-state index contributed by atoms with van der Waals surface area (Å²) in [6, 6.07) is 0. The molecule has 0 bridgehead atoms. The standard InChI is InChI=1S/C7H10ClNOS/c1-10-7-9-5-6(11-7)3-2-4-8/h5H,2-4H2,1H3. The zero-order valence-electron chi connectivity index (χ0n) is 6.34. The van der Waals surface area contributed by atoms with Gasteiger partial charge in [0.25, 0.3) is 5.19 Å². The van der Waals surface area contributed by atoms with E-state index in [2.05, 4.69) is 4.98 Å². The normalized spacial score (nSPS) is 10.0. The van der Waals surface area contributed by atoms with Crippen molar-refractivity contribution in [1.82, 2.24) is 4.98 Å². The van der Waals surface area contributed by atoms with Gasteiger partial charge in [0.05, 0.1) is 7.11 Å². The predicted octanol–water partition coefficient (Wildman–Crippen LogP) is 2.32. The number of hydrogen-bond acceptors (Lipinski definition) is 3. The van der Waals surface area contributed by atoms with Crippen LogP contribution < -0.4 is 4.74 Å². The minimum absolute atomic E-state index is 0.709. The van der Waals surface area contributed by atoms with Crippen LogP contribution in [0.4, 0.5) is 0 Å². The van der Waals surface area contributed by atoms with E-state index in [0.717, 1.165) is 18.0 Å². The van der Waals surface area contributed by atoms with Gasteiger partial charge in [0, 0.05) is 17.0 Å². The number of hydrogen-bond donors (Lipinski definition) is 0. The summed E-state index contributed by atoms with van der Waals surface area (Å²) in [5.74, 6) is 0.709. The molecule has 2 nitrogen and oxygen atoms in total. The molecule has 0 saturated carbocycles. The van der Waals surface area contributed by atoms with Gasteiger partial charge < -0.3 is 4.74 Å². The summed E-state index contributed by atoms with van der Waals surface area (Å²) in [5, 5.41) is 0.731. The maximum absolute atomic E-state index is 5.55. The molecule has 0 aliphatic rings. The van der Waals surface area contributed by atoms with E-state index >= 15 is 0 Å². The van der Waals surface area contributed by atoms with Crippen LogP contribution in [-0.2, 0) is 6.42 Å². The largest absolute Gasteiger partial charge is 0.473 e. The third-order valence-electron chi connectivity index (χ3n) is 1.26. The first-order valence-corrected chi connectivity index (χ1v) is 4.76. The second-order valence-corrected chi connectivity index (χ2v) is 3.54. The predicted molar refractivity (Wildman–Crippen MR) is 47.7 cm³/mol. The van der Waals surface area contributed by atoms with Crippen LogP contribution in [-0.4, -0.2) is 18.0 Å². The summed E-state index contributed by atoms with van der Waals surface area (Å²) in [4.78, 5) is 5.28. The Morgan fingerprint density at radius 1 is 1.73 bits per heavy atom. The van der Waals surface area contributed by atoms with Gasteiger partial charge in [-0.3, -0.25) is 0 Å². The van der Waals surface area contributed by atoms with Crippen molar-refractivity contribution in [3.05, 3.63) is 11.1 Å². The van der Waals surface area contributed by atoms with Gasteiger partial charge in [0.15, 0.2) is 0 Å². The molecule has 62 valence electrons. The van der Waals surface area contributed by atoms with Crippen LogP contribution in [0.1, 0.15) is 11.3 Å². The highest BCUT2D eigenvalue weighted by molar-refractivity contribution is 7.13. The lowest BCUT2D eigenvalue weighted by molar-refractivity contribution is 0.412. The van der Waals surface area contributed by atoms with Crippen molar-refractivity contribution in [2.75, 3.05) is 13.0 Å². The smallest absolute Gasteiger partial charge is 0.273 e. The summed E-state index contributed by atoms with van der Waals surface area (Å²) in [6.45, 7) is 0. The molecule has 1 rings (SSSR count). The Kier molecular flexibility index (Phi) is 3.66. The van der Waals surface area contributed by atoms with E-state index in [-0.39, 0.29) is 0 Å². The van der Waals surface area contributed by atoms with Crippen molar-refractivity contribution in [2.24, 2.45) is 0 Å². The number of methoxy groups -OCH3 is 1. The molecule has 0 aromatic carbocycles. The molecule has 1 aromatic rings. The quantitative estimate of drug-likeness (QED) is 0.682. The number of aromatic nitrogens is 1. The van der Waals surface area contributed by atoms with Crippen LogP contribution in [0.25, 0.3) is 0 Å². The third kappa shape index (κ3) is 2.67. The lowest BCUT2D eigenvalue weighted by Crippen LogP contribution is -1.79. The van der Waals surface area contributed by atoms with E-state index in [0.29, 0.717) is 5.88 Å². The third-order valence-corrected chi connectivity index (χ3v) is 2.55. The molecule has 0 radical (unpaired) electrons. The van der Waals surface area contributed by atoms with Crippen molar-refractivity contribution in [3.8, 4) is 5.19 Å². The SMILES string of the molecule is COc1ncc(CCCCl)s1. The molecule has 0 aliphatic carbocycles. The zero-order valence-corrected chi connectivity index (χ0v) is 7.91. The number of alkyl halides is 1. The van der Waals surface area contributed by atoms with Gasteiger partial charge in [-0.05, 0) is 12.8 Å². The van der Waals surface area contributed by atoms with E-state index in [1.54, 1.807) is 18.4 Å². The number of ether oxygens (including phenoxy) is 1. The Hall–Kier alpha value is -0.280. The Balaban J connectivity index is 2.44. The highest BCUT2D eigenvalue weighted by Gasteiger charge is 1.99. The summed E-state index contributed by atoms with van der Waals surface area (Å²) in [6.07, 6.45) is 3.85. The Morgan fingerprint density at radius 2 is 2.55 bits per heavy atom. The first-order chi connectivity index (χ1) is 5.36. The van der Waals surface area contributed by atoms with Crippen LogP contribution in [0.5, 0.6) is 5.19 Å². The fraction of sp³-hybridized carbons (Fsp3) is 0.571. The second-order valence-electron chi connectivity index (χ2n) is 2.09. The summed E-state index contributed by atoms with van der Waals surface area (Å²) >= 11 is 7.13. The second kappa shape index (κ2) is 4.57. The van der Waals surface area contributed by atoms with Crippen LogP contribution in [0, 0.1) is 0 Å². The van der Waals surface area contributed by atoms with Crippen molar-refractivity contribution >= 4 is 22.9 Å². The van der Waals surface area contributed by atoms with Gasteiger partial charge in [-0.15, -0.1) is 11.6 Å². The molecule has 1 heterocycles. The molecule has 4 heteroatoms. The first kappa shape index (κ1) is 8.81. The summed E-state index contributed by atoms with van der Waals surface area (Å²) < 4.78 is 4.95. The molecule has 11 heavy (non-hydrogen) atoms. The van der Waals surface area contributed by atoms with Crippen molar-refractivity contribution in [1.29, 1.82) is 0 Å². The van der Waals surface area contributed by atoms with Crippen LogP contribution in [0.2, 0.25) is 0 Å². The fourth-order valence-electron chi connectivity index (χ4n) is 0.741. The summed E-state index contributed by atoms with van der Waals surface area (Å²) in [5.41, 5.74) is 0. The average Bonchev–Trinajstić information content (AvgIpc) is 2.48. The Morgan fingerprint density at radius 3 is 3.09 bits per heavy atom. The van der Waals surface area contributed by atoms with Crippen LogP contribution >= 0.6 is 22.9 Å². The molecule has 0 spiro atoms. The highest BCUT2D eigenvalue weighted by atomic mass is 35.5. The number of nitrogens with zero attached hydrogens (tertiary/aromatic N) is 1. The summed E-state index contributed by atoms with van der Waals surface area (Å²) in [7, 11) is 1.63. The van der Waals surface area contributed by atoms with Gasteiger partial charge in [-0.1, -0.05) is 11.3 Å². The molecule has 0 saturated heterocycles. The lowest BCUT2D eigenvalue weighted by atomic mass is 10.3. The molecule has 0 N–H and O–H groups in total. The van der Waals surface area contributed by atoms with Gasteiger partial charge >= 0.3 is 0 Å². The van der Waals surface area contributed by atoms with E-state index < -0.39 is 0 Å². The van der Waals surface area contributed by atoms with E-state index in [4.69, 9.17) is 16.3 Å². The van der Waals surface area contributed by atoms with E-state index in [1.165, 1.54) is 4.88 Å². The molecule has 0 atom stereocenters. The van der Waals surface area contributed by atoms with Gasteiger partial charge in [-0.2, -0.15) is 0 Å². The van der Waals surface area contributed by atoms with Crippen molar-refractivity contribution in [3.63, 3.8) is 0 Å². The average molecular weight is 192 g/mol. The molecular weight excluding hydrogens is 182 g/mol. The van der Waals surface area contributed by atoms with Crippen molar-refractivity contribution in [2.45, 2.75) is 12.8 Å². The van der Waals surface area contributed by atoms with Crippen LogP contribution in [0.15, 0.2) is 6.20 Å². The van der Waals surface area contributed by atoms with E-state index in [9.17, 15) is 0 Å². The maximum Gasteiger partial charge on any atom is 0.273 e. The van der Waals surface area contributed by atoms with E-state index in [1.807, 2.05) is 6.20 Å². The van der Waals surface area contributed by atoms with Gasteiger partial charge in [-0.25, -0.2) is 4.98 Å². The first-order valence-electron chi connectivity index (χ1n) is 3.41. The van der Waals surface area contributed by atoms with Gasteiger partial charge in [0.2, 0.25) is 0 Å². The molecular formula is C7H10ClNOS. The van der Waals surface area contributed by atoms with Crippen molar-refractivity contribution < 1.29 is 4.74 Å². The Bertz CT molecular complexity index is 214. The molecule has 0 fully saturated rings. The fourth-order valence-corrected chi connectivity index (χ4v) is 1.64. The van der Waals surface area contributed by atoms with Gasteiger partial charge in [0.1, 0.15) is 0 Å². The minimum atomic E-state index is 0.709. The topological polar surface area (TPSA) is 22.1 Å². The molecule has 0 amide bonds. The maximum atomic E-state index is 5.55. The molecule has 0 aliphatic heterocycles. The monoisotopic (exact) mass is 191 g/mol. The highest BCUT2D eigenvalue weighted by Crippen LogP contribution is 2.20. The lowest BCUT2D eigenvalue weighted by Gasteiger charge is -1.90. The molecule has 0 unspecified atom stereocenters. The number of thiazole rings is 1. The number of halogens is 1. The zero-order chi connectivity index (χ0) is 8.10. The molecule has 1 aromatic heterocycles. The minimum Gasteiger partial charge on any atom is -0.473 e.